The fraction of sp³-hybridized carbons (Fsp3) is 0.143. The Morgan fingerprint density at radius 3 is 2.50 bits per heavy atom. The van der Waals surface area contributed by atoms with E-state index in [1.807, 2.05) is 31.2 Å². The number of anilines is 1. The number of hydrogen-bond donors (Lipinski definition) is 1. The van der Waals surface area contributed by atoms with Crippen LogP contribution in [0.3, 0.4) is 0 Å². The topological polar surface area (TPSA) is 26.0 Å². The zero-order valence-electron chi connectivity index (χ0n) is 9.42. The molecule has 16 heavy (non-hydrogen) atoms. The Bertz CT molecular complexity index is 532. The second kappa shape index (κ2) is 3.97. The lowest BCUT2D eigenvalue weighted by molar-refractivity contribution is 0.619. The van der Waals surface area contributed by atoms with Gasteiger partial charge >= 0.3 is 0 Å². The SMILES string of the molecule is Cc1cc(-c2cccc(F)c2C)ccc1N. The van der Waals surface area contributed by atoms with Crippen molar-refractivity contribution in [1.29, 1.82) is 0 Å². The van der Waals surface area contributed by atoms with Crippen molar-refractivity contribution < 1.29 is 4.39 Å². The van der Waals surface area contributed by atoms with Gasteiger partial charge < -0.3 is 5.73 Å². The normalized spacial score (nSPS) is 10.4. The molecule has 0 aliphatic rings. The van der Waals surface area contributed by atoms with Gasteiger partial charge in [0.15, 0.2) is 0 Å². The van der Waals surface area contributed by atoms with Crippen molar-refractivity contribution in [2.75, 3.05) is 5.73 Å². The standard InChI is InChI=1S/C14H14FN/c1-9-8-11(6-7-14(9)16)12-4-3-5-13(15)10(12)2/h3-8H,16H2,1-2H3. The fourth-order valence-corrected chi connectivity index (χ4v) is 1.76. The first-order valence-electron chi connectivity index (χ1n) is 5.21. The van der Waals surface area contributed by atoms with Crippen LogP contribution in [0.25, 0.3) is 11.1 Å². The molecule has 82 valence electrons. The molecule has 0 aromatic heterocycles. The molecule has 0 atom stereocenters. The van der Waals surface area contributed by atoms with Crippen LogP contribution in [0.5, 0.6) is 0 Å². The van der Waals surface area contributed by atoms with Crippen molar-refractivity contribution in [3.63, 3.8) is 0 Å². The third-order valence-electron chi connectivity index (χ3n) is 2.85. The third kappa shape index (κ3) is 1.78. The highest BCUT2D eigenvalue weighted by atomic mass is 19.1. The number of hydrogen-bond acceptors (Lipinski definition) is 1. The van der Waals surface area contributed by atoms with Gasteiger partial charge in [-0.3, -0.25) is 0 Å². The second-order valence-corrected chi connectivity index (χ2v) is 3.98. The lowest BCUT2D eigenvalue weighted by Gasteiger charge is -2.09. The quantitative estimate of drug-likeness (QED) is 0.721. The summed E-state index contributed by atoms with van der Waals surface area (Å²) in [5, 5.41) is 0. The van der Waals surface area contributed by atoms with E-state index < -0.39 is 0 Å². The molecule has 1 nitrogen and oxygen atoms in total. The van der Waals surface area contributed by atoms with E-state index in [-0.39, 0.29) is 5.82 Å². The minimum Gasteiger partial charge on any atom is -0.399 e. The molecular weight excluding hydrogens is 201 g/mol. The Morgan fingerprint density at radius 2 is 1.81 bits per heavy atom. The number of nitrogens with two attached hydrogens (primary N) is 1. The molecule has 0 unspecified atom stereocenters. The van der Waals surface area contributed by atoms with Gasteiger partial charge in [-0.2, -0.15) is 0 Å². The maximum absolute atomic E-state index is 13.4. The van der Waals surface area contributed by atoms with E-state index in [1.54, 1.807) is 13.0 Å². The van der Waals surface area contributed by atoms with E-state index in [9.17, 15) is 4.39 Å². The van der Waals surface area contributed by atoms with E-state index in [4.69, 9.17) is 5.73 Å². The van der Waals surface area contributed by atoms with E-state index in [0.717, 1.165) is 22.4 Å². The largest absolute Gasteiger partial charge is 0.399 e. The first kappa shape index (κ1) is 10.7. The van der Waals surface area contributed by atoms with Gasteiger partial charge in [-0.15, -0.1) is 0 Å². The minimum atomic E-state index is -0.174. The van der Waals surface area contributed by atoms with Gasteiger partial charge in [0.05, 0.1) is 0 Å². The van der Waals surface area contributed by atoms with Gasteiger partial charge in [-0.05, 0) is 54.3 Å². The Balaban J connectivity index is 2.59. The average molecular weight is 215 g/mol. The van der Waals surface area contributed by atoms with Crippen LogP contribution in [-0.4, -0.2) is 0 Å². The lowest BCUT2D eigenvalue weighted by Crippen LogP contribution is -1.92. The van der Waals surface area contributed by atoms with Crippen LogP contribution in [0.1, 0.15) is 11.1 Å². The first-order valence-corrected chi connectivity index (χ1v) is 5.21. The van der Waals surface area contributed by atoms with Crippen molar-refractivity contribution >= 4 is 5.69 Å². The van der Waals surface area contributed by atoms with Gasteiger partial charge in [-0.1, -0.05) is 18.2 Å². The summed E-state index contributed by atoms with van der Waals surface area (Å²) >= 11 is 0. The second-order valence-electron chi connectivity index (χ2n) is 3.98. The highest BCUT2D eigenvalue weighted by Crippen LogP contribution is 2.27. The molecule has 2 heteroatoms. The molecule has 2 rings (SSSR count). The van der Waals surface area contributed by atoms with Gasteiger partial charge in [0.2, 0.25) is 0 Å². The van der Waals surface area contributed by atoms with Gasteiger partial charge in [0.25, 0.3) is 0 Å². The number of rotatable bonds is 1. The van der Waals surface area contributed by atoms with Crippen LogP contribution in [0.2, 0.25) is 0 Å². The summed E-state index contributed by atoms with van der Waals surface area (Å²) in [4.78, 5) is 0. The molecule has 0 fully saturated rings. The summed E-state index contributed by atoms with van der Waals surface area (Å²) < 4.78 is 13.4. The van der Waals surface area contributed by atoms with Crippen LogP contribution < -0.4 is 5.73 Å². The van der Waals surface area contributed by atoms with Gasteiger partial charge in [-0.25, -0.2) is 4.39 Å². The zero-order valence-corrected chi connectivity index (χ0v) is 9.42. The van der Waals surface area contributed by atoms with Crippen LogP contribution in [0.4, 0.5) is 10.1 Å². The van der Waals surface area contributed by atoms with Crippen LogP contribution in [-0.2, 0) is 0 Å². The van der Waals surface area contributed by atoms with Gasteiger partial charge in [0.1, 0.15) is 5.82 Å². The Hall–Kier alpha value is -1.83. The predicted octanol–water partition coefficient (Wildman–Crippen LogP) is 3.69. The molecule has 0 amide bonds. The van der Waals surface area contributed by atoms with Gasteiger partial charge in [0, 0.05) is 5.69 Å². The Kier molecular flexibility index (Phi) is 2.65. The maximum Gasteiger partial charge on any atom is 0.126 e. The minimum absolute atomic E-state index is 0.174. The lowest BCUT2D eigenvalue weighted by atomic mass is 9.98. The Morgan fingerprint density at radius 1 is 1.06 bits per heavy atom. The van der Waals surface area contributed by atoms with Crippen LogP contribution >= 0.6 is 0 Å². The Labute approximate surface area is 94.7 Å². The zero-order chi connectivity index (χ0) is 11.7. The van der Waals surface area contributed by atoms with E-state index in [1.165, 1.54) is 6.07 Å². The van der Waals surface area contributed by atoms with Crippen molar-refractivity contribution in [3.8, 4) is 11.1 Å². The highest BCUT2D eigenvalue weighted by Gasteiger charge is 2.06. The molecular formula is C14H14FN. The number of aryl methyl sites for hydroxylation is 1. The smallest absolute Gasteiger partial charge is 0.126 e. The molecule has 0 bridgehead atoms. The number of benzene rings is 2. The molecule has 0 saturated carbocycles. The summed E-state index contributed by atoms with van der Waals surface area (Å²) in [6, 6.07) is 10.9. The molecule has 2 aromatic rings. The van der Waals surface area contributed by atoms with E-state index in [0.29, 0.717) is 5.56 Å². The molecule has 0 spiro atoms. The average Bonchev–Trinajstić information content (AvgIpc) is 2.26. The van der Waals surface area contributed by atoms with Crippen molar-refractivity contribution in [3.05, 3.63) is 53.3 Å². The summed E-state index contributed by atoms with van der Waals surface area (Å²) in [6.07, 6.45) is 0. The maximum atomic E-state index is 13.4. The fourth-order valence-electron chi connectivity index (χ4n) is 1.76. The van der Waals surface area contributed by atoms with E-state index in [2.05, 4.69) is 0 Å². The molecule has 2 aromatic carbocycles. The predicted molar refractivity (Wildman–Crippen MR) is 65.7 cm³/mol. The van der Waals surface area contributed by atoms with Crippen molar-refractivity contribution in [2.45, 2.75) is 13.8 Å². The molecule has 0 radical (unpaired) electrons. The molecule has 0 saturated heterocycles. The summed E-state index contributed by atoms with van der Waals surface area (Å²) in [6.45, 7) is 3.74. The monoisotopic (exact) mass is 215 g/mol. The summed E-state index contributed by atoms with van der Waals surface area (Å²) in [7, 11) is 0. The molecule has 2 N–H and O–H groups in total. The molecule has 0 aliphatic carbocycles. The van der Waals surface area contributed by atoms with E-state index >= 15 is 0 Å². The van der Waals surface area contributed by atoms with Crippen LogP contribution in [0, 0.1) is 19.7 Å². The molecule has 0 aliphatic heterocycles. The number of halogens is 1. The number of nitrogen functional groups attached to an aromatic ring is 1. The third-order valence-corrected chi connectivity index (χ3v) is 2.85. The van der Waals surface area contributed by atoms with Crippen molar-refractivity contribution in [1.82, 2.24) is 0 Å². The first-order chi connectivity index (χ1) is 7.59. The molecule has 0 heterocycles. The van der Waals surface area contributed by atoms with Crippen molar-refractivity contribution in [2.24, 2.45) is 0 Å². The van der Waals surface area contributed by atoms with Crippen LogP contribution in [0.15, 0.2) is 36.4 Å². The summed E-state index contributed by atoms with van der Waals surface area (Å²) in [5.41, 5.74) is 10.1. The summed E-state index contributed by atoms with van der Waals surface area (Å²) in [5.74, 6) is -0.174. The highest BCUT2D eigenvalue weighted by molar-refractivity contribution is 5.70.